The molecule has 1 N–H and O–H groups in total. The summed E-state index contributed by atoms with van der Waals surface area (Å²) in [5.41, 5.74) is 1.17. The summed E-state index contributed by atoms with van der Waals surface area (Å²) in [6, 6.07) is 8.91. The molecule has 1 aromatic rings. The molecule has 1 aromatic carbocycles. The van der Waals surface area contributed by atoms with E-state index in [0.717, 1.165) is 43.1 Å². The molecule has 5 atom stereocenters. The third kappa shape index (κ3) is 2.44. The Balaban J connectivity index is 1.46. The molecular weight excluding hydrogens is 274 g/mol. The normalized spacial score (nSPS) is 38.4. The minimum absolute atomic E-state index is 0.214. The van der Waals surface area contributed by atoms with Crippen LogP contribution < -0.4 is 4.74 Å². The summed E-state index contributed by atoms with van der Waals surface area (Å²) < 4.78 is 5.49. The number of aliphatic hydroxyl groups is 1. The van der Waals surface area contributed by atoms with Gasteiger partial charge in [-0.1, -0.05) is 24.6 Å². The number of β-amino-alcohol motifs (C(OH)–C–C–N with tert-alkyl or cyclic N) is 1. The van der Waals surface area contributed by atoms with Gasteiger partial charge in [-0.3, -0.25) is 4.90 Å². The van der Waals surface area contributed by atoms with E-state index in [-0.39, 0.29) is 12.0 Å². The number of methoxy groups -OCH3 is 1. The van der Waals surface area contributed by atoms with E-state index in [1.807, 2.05) is 18.2 Å². The van der Waals surface area contributed by atoms with Crippen LogP contribution >= 0.6 is 0 Å². The fraction of sp³-hybridized carbons (Fsp3) is 0.684. The fourth-order valence-corrected chi connectivity index (χ4v) is 5.25. The summed E-state index contributed by atoms with van der Waals surface area (Å²) in [5, 5.41) is 10.7. The van der Waals surface area contributed by atoms with E-state index in [4.69, 9.17) is 4.74 Å². The van der Waals surface area contributed by atoms with Crippen LogP contribution in [-0.4, -0.2) is 42.4 Å². The van der Waals surface area contributed by atoms with E-state index in [9.17, 15) is 5.11 Å². The number of hydrogen-bond donors (Lipinski definition) is 1. The first-order valence-corrected chi connectivity index (χ1v) is 8.81. The van der Waals surface area contributed by atoms with Crippen LogP contribution in [0.25, 0.3) is 0 Å². The second-order valence-electron chi connectivity index (χ2n) is 7.44. The number of rotatable bonds is 3. The Morgan fingerprint density at radius 1 is 1.14 bits per heavy atom. The van der Waals surface area contributed by atoms with Crippen molar-refractivity contribution in [3.63, 3.8) is 0 Å². The average Bonchev–Trinajstić information content (AvgIpc) is 3.18. The summed E-state index contributed by atoms with van der Waals surface area (Å²) in [7, 11) is 1.72. The van der Waals surface area contributed by atoms with Gasteiger partial charge < -0.3 is 9.84 Å². The van der Waals surface area contributed by atoms with Crippen molar-refractivity contribution in [2.45, 2.75) is 50.2 Å². The van der Waals surface area contributed by atoms with Crippen LogP contribution in [-0.2, 0) is 0 Å². The van der Waals surface area contributed by atoms with E-state index in [2.05, 4.69) is 11.0 Å². The van der Waals surface area contributed by atoms with Gasteiger partial charge in [0.05, 0.1) is 13.2 Å². The highest BCUT2D eigenvalue weighted by Crippen LogP contribution is 2.47. The number of piperidine rings is 1. The average molecular weight is 301 g/mol. The standard InChI is InChI=1S/C19H27NO2/c1-22-19-5-3-2-4-16(19)15-8-9-20(12-18(15)21)17-11-13-6-7-14(17)10-13/h2-5,13-15,17-18,21H,6-12H2,1H3/t13-,14-,15+,17+,18-/m0/s1. The lowest BCUT2D eigenvalue weighted by molar-refractivity contribution is 0.0155. The second-order valence-corrected chi connectivity index (χ2v) is 7.44. The van der Waals surface area contributed by atoms with Crippen molar-refractivity contribution >= 4 is 0 Å². The first kappa shape index (κ1) is 14.5. The van der Waals surface area contributed by atoms with Crippen molar-refractivity contribution in [2.75, 3.05) is 20.2 Å². The number of aliphatic hydroxyl groups excluding tert-OH is 1. The van der Waals surface area contributed by atoms with Gasteiger partial charge >= 0.3 is 0 Å². The van der Waals surface area contributed by atoms with Gasteiger partial charge in [-0.05, 0) is 55.7 Å². The number of hydrogen-bond acceptors (Lipinski definition) is 3. The summed E-state index contributed by atoms with van der Waals surface area (Å²) in [4.78, 5) is 2.58. The molecule has 2 bridgehead atoms. The van der Waals surface area contributed by atoms with Crippen molar-refractivity contribution < 1.29 is 9.84 Å². The maximum Gasteiger partial charge on any atom is 0.122 e. The SMILES string of the molecule is COc1ccccc1[C@H]1CCN([C@@H]2C[C@H]3CC[C@H]2C3)C[C@@H]1O. The Hall–Kier alpha value is -1.06. The van der Waals surface area contributed by atoms with E-state index >= 15 is 0 Å². The largest absolute Gasteiger partial charge is 0.496 e. The Morgan fingerprint density at radius 3 is 2.68 bits per heavy atom. The van der Waals surface area contributed by atoms with Crippen LogP contribution in [0.15, 0.2) is 24.3 Å². The molecule has 0 radical (unpaired) electrons. The number of nitrogens with zero attached hydrogens (tertiary/aromatic N) is 1. The molecule has 3 fully saturated rings. The Morgan fingerprint density at radius 2 is 2.00 bits per heavy atom. The highest BCUT2D eigenvalue weighted by molar-refractivity contribution is 5.37. The van der Waals surface area contributed by atoms with Gasteiger partial charge in [0.25, 0.3) is 0 Å². The van der Waals surface area contributed by atoms with Gasteiger partial charge in [0.2, 0.25) is 0 Å². The van der Waals surface area contributed by atoms with Gasteiger partial charge in [-0.2, -0.15) is 0 Å². The van der Waals surface area contributed by atoms with Gasteiger partial charge in [0, 0.05) is 18.5 Å². The van der Waals surface area contributed by atoms with Crippen molar-refractivity contribution in [1.82, 2.24) is 4.90 Å². The molecule has 1 heterocycles. The third-order valence-corrected chi connectivity index (χ3v) is 6.32. The first-order valence-electron chi connectivity index (χ1n) is 8.81. The van der Waals surface area contributed by atoms with Gasteiger partial charge in [0.1, 0.15) is 5.75 Å². The number of benzene rings is 1. The molecule has 3 nitrogen and oxygen atoms in total. The lowest BCUT2D eigenvalue weighted by Crippen LogP contribution is -2.49. The van der Waals surface area contributed by atoms with E-state index in [0.29, 0.717) is 0 Å². The molecule has 0 aromatic heterocycles. The zero-order valence-electron chi connectivity index (χ0n) is 13.4. The number of para-hydroxylation sites is 1. The molecule has 120 valence electrons. The molecule has 0 amide bonds. The van der Waals surface area contributed by atoms with E-state index in [1.165, 1.54) is 31.2 Å². The maximum atomic E-state index is 10.7. The number of likely N-dealkylation sites (tertiary alicyclic amines) is 1. The van der Waals surface area contributed by atoms with Gasteiger partial charge in [-0.25, -0.2) is 0 Å². The molecule has 2 aliphatic carbocycles. The summed E-state index contributed by atoms with van der Waals surface area (Å²) >= 11 is 0. The number of ether oxygens (including phenoxy) is 1. The summed E-state index contributed by atoms with van der Waals surface area (Å²) in [6.45, 7) is 1.95. The maximum absolute atomic E-state index is 10.7. The molecular formula is C19H27NO2. The topological polar surface area (TPSA) is 32.7 Å². The highest BCUT2D eigenvalue weighted by atomic mass is 16.5. The summed E-state index contributed by atoms with van der Waals surface area (Å²) in [6.07, 6.45) is 6.43. The highest BCUT2D eigenvalue weighted by Gasteiger charge is 2.44. The molecule has 4 rings (SSSR count). The van der Waals surface area contributed by atoms with Crippen LogP contribution in [0.2, 0.25) is 0 Å². The second kappa shape index (κ2) is 5.86. The van der Waals surface area contributed by atoms with Crippen molar-refractivity contribution in [3.8, 4) is 5.75 Å². The Kier molecular flexibility index (Phi) is 3.87. The first-order chi connectivity index (χ1) is 10.8. The van der Waals surface area contributed by atoms with E-state index < -0.39 is 0 Å². The molecule has 3 aliphatic rings. The molecule has 1 aliphatic heterocycles. The molecule has 1 saturated heterocycles. The van der Waals surface area contributed by atoms with Crippen LogP contribution in [0.5, 0.6) is 5.75 Å². The van der Waals surface area contributed by atoms with Gasteiger partial charge in [-0.15, -0.1) is 0 Å². The lowest BCUT2D eigenvalue weighted by atomic mass is 9.84. The summed E-state index contributed by atoms with van der Waals surface area (Å²) in [5.74, 6) is 3.00. The van der Waals surface area contributed by atoms with E-state index in [1.54, 1.807) is 7.11 Å². The lowest BCUT2D eigenvalue weighted by Gasteiger charge is -2.42. The van der Waals surface area contributed by atoms with Crippen molar-refractivity contribution in [1.29, 1.82) is 0 Å². The Labute approximate surface area is 133 Å². The van der Waals surface area contributed by atoms with Crippen LogP contribution in [0.1, 0.15) is 43.6 Å². The van der Waals surface area contributed by atoms with Crippen LogP contribution in [0.4, 0.5) is 0 Å². The number of fused-ring (bicyclic) bond motifs is 2. The van der Waals surface area contributed by atoms with Crippen LogP contribution in [0.3, 0.4) is 0 Å². The van der Waals surface area contributed by atoms with Gasteiger partial charge in [0.15, 0.2) is 0 Å². The fourth-order valence-electron chi connectivity index (χ4n) is 5.25. The predicted molar refractivity (Wildman–Crippen MR) is 87.2 cm³/mol. The molecule has 22 heavy (non-hydrogen) atoms. The minimum Gasteiger partial charge on any atom is -0.496 e. The Bertz CT molecular complexity index is 532. The zero-order chi connectivity index (χ0) is 15.1. The molecule has 0 spiro atoms. The van der Waals surface area contributed by atoms with Crippen LogP contribution in [0, 0.1) is 11.8 Å². The monoisotopic (exact) mass is 301 g/mol. The molecule has 0 unspecified atom stereocenters. The molecule has 3 heteroatoms. The predicted octanol–water partition coefficient (Wildman–Crippen LogP) is 3.03. The third-order valence-electron chi connectivity index (χ3n) is 6.32. The smallest absolute Gasteiger partial charge is 0.122 e. The van der Waals surface area contributed by atoms with Crippen molar-refractivity contribution in [2.24, 2.45) is 11.8 Å². The minimum atomic E-state index is -0.274. The quantitative estimate of drug-likeness (QED) is 0.931. The van der Waals surface area contributed by atoms with Crippen molar-refractivity contribution in [3.05, 3.63) is 29.8 Å². The zero-order valence-corrected chi connectivity index (χ0v) is 13.4. The molecule has 2 saturated carbocycles.